The number of carbonyl (C=O) groups excluding carboxylic acids is 2. The molecule has 3 aromatic rings. The third kappa shape index (κ3) is 7.56. The van der Waals surface area contributed by atoms with Crippen molar-refractivity contribution in [3.8, 4) is 11.5 Å². The second-order valence-electron chi connectivity index (χ2n) is 10.3. The molecular weight excluding hydrogens is 570 g/mol. The van der Waals surface area contributed by atoms with Crippen LogP contribution < -0.4 is 9.47 Å². The lowest BCUT2D eigenvalue weighted by atomic mass is 10.0. The molecule has 2 aromatic carbocycles. The molecule has 4 rings (SSSR count). The van der Waals surface area contributed by atoms with Gasteiger partial charge in [-0.2, -0.15) is 26.3 Å². The molecule has 1 aliphatic rings. The number of carbonyl (C=O) groups is 2. The van der Waals surface area contributed by atoms with E-state index in [1.165, 1.54) is 4.90 Å². The van der Waals surface area contributed by atoms with Crippen molar-refractivity contribution in [2.45, 2.75) is 46.2 Å². The fourth-order valence-corrected chi connectivity index (χ4v) is 4.43. The molecule has 13 heteroatoms. The van der Waals surface area contributed by atoms with E-state index in [4.69, 9.17) is 13.9 Å². The molecule has 0 fully saturated rings. The van der Waals surface area contributed by atoms with Crippen LogP contribution >= 0.6 is 0 Å². The molecule has 0 unspecified atom stereocenters. The molecular formula is C29H28F6N2O5. The van der Waals surface area contributed by atoms with Crippen LogP contribution in [0.15, 0.2) is 52.9 Å². The Morgan fingerprint density at radius 2 is 1.48 bits per heavy atom. The number of ether oxygens (including phenoxy) is 2. The number of aryl methyl sites for hydroxylation is 1. The summed E-state index contributed by atoms with van der Waals surface area (Å²) in [5.41, 5.74) is -3.40. The standard InChI is InChI=1S/C29H28F6N2O5/c1-17(2)12-37(27(39)20-9-21(28(30,31)32)11-22(10-20)29(33,34)35)15-26(38)36(14-23-6-4-18(3)42-23)13-19-5-7-24-25(8-19)41-16-40-24/h4-11,17H,12-16H2,1-3H3. The Morgan fingerprint density at radius 3 is 2.05 bits per heavy atom. The number of halogens is 6. The summed E-state index contributed by atoms with van der Waals surface area (Å²) >= 11 is 0. The summed E-state index contributed by atoms with van der Waals surface area (Å²) in [4.78, 5) is 29.4. The molecule has 0 N–H and O–H groups in total. The van der Waals surface area contributed by atoms with E-state index in [1.54, 1.807) is 51.1 Å². The molecule has 0 spiro atoms. The minimum absolute atomic E-state index is 0.00734. The first-order valence-electron chi connectivity index (χ1n) is 12.9. The van der Waals surface area contributed by atoms with Gasteiger partial charge in [0, 0.05) is 18.7 Å². The van der Waals surface area contributed by atoms with Crippen LogP contribution in [0.1, 0.15) is 52.4 Å². The van der Waals surface area contributed by atoms with E-state index < -0.39 is 47.4 Å². The van der Waals surface area contributed by atoms with E-state index in [1.807, 2.05) is 0 Å². The molecule has 0 saturated carbocycles. The fraction of sp³-hybridized carbons (Fsp3) is 0.379. The molecule has 0 aliphatic carbocycles. The van der Waals surface area contributed by atoms with Crippen molar-refractivity contribution in [1.29, 1.82) is 0 Å². The maximum Gasteiger partial charge on any atom is 0.416 e. The van der Waals surface area contributed by atoms with E-state index in [2.05, 4.69) is 0 Å². The highest BCUT2D eigenvalue weighted by Crippen LogP contribution is 2.37. The number of hydrogen-bond acceptors (Lipinski definition) is 5. The van der Waals surface area contributed by atoms with Gasteiger partial charge >= 0.3 is 12.4 Å². The molecule has 7 nitrogen and oxygen atoms in total. The Balaban J connectivity index is 1.64. The summed E-state index contributed by atoms with van der Waals surface area (Å²) in [7, 11) is 0. The van der Waals surface area contributed by atoms with Gasteiger partial charge in [-0.05, 0) is 60.9 Å². The van der Waals surface area contributed by atoms with Gasteiger partial charge in [-0.25, -0.2) is 0 Å². The average Bonchev–Trinajstić information content (AvgIpc) is 3.54. The second kappa shape index (κ2) is 12.0. The van der Waals surface area contributed by atoms with Crippen molar-refractivity contribution >= 4 is 11.8 Å². The van der Waals surface area contributed by atoms with Crippen LogP contribution in [0.25, 0.3) is 0 Å². The number of furan rings is 1. The summed E-state index contributed by atoms with van der Waals surface area (Å²) in [6.07, 6.45) is -10.3. The van der Waals surface area contributed by atoms with Gasteiger partial charge in [0.05, 0.1) is 17.7 Å². The Labute approximate surface area is 237 Å². The highest BCUT2D eigenvalue weighted by molar-refractivity contribution is 5.97. The number of rotatable bonds is 9. The number of fused-ring (bicyclic) bond motifs is 1. The number of benzene rings is 2. The quantitative estimate of drug-likeness (QED) is 0.257. The average molecular weight is 599 g/mol. The second-order valence-corrected chi connectivity index (χ2v) is 10.3. The van der Waals surface area contributed by atoms with Crippen LogP contribution in [0.5, 0.6) is 11.5 Å². The van der Waals surface area contributed by atoms with Gasteiger partial charge in [-0.15, -0.1) is 0 Å². The lowest BCUT2D eigenvalue weighted by Crippen LogP contribution is -2.44. The largest absolute Gasteiger partial charge is 0.464 e. The highest BCUT2D eigenvalue weighted by atomic mass is 19.4. The number of alkyl halides is 6. The van der Waals surface area contributed by atoms with Crippen molar-refractivity contribution in [3.05, 3.63) is 82.3 Å². The van der Waals surface area contributed by atoms with Crippen LogP contribution in [0.4, 0.5) is 26.3 Å². The van der Waals surface area contributed by atoms with E-state index in [9.17, 15) is 35.9 Å². The van der Waals surface area contributed by atoms with Crippen molar-refractivity contribution in [2.24, 2.45) is 5.92 Å². The van der Waals surface area contributed by atoms with E-state index in [0.717, 1.165) is 4.90 Å². The Hall–Kier alpha value is -4.16. The Kier molecular flexibility index (Phi) is 8.79. The molecule has 2 amide bonds. The molecule has 0 atom stereocenters. The van der Waals surface area contributed by atoms with Crippen LogP contribution in [0.3, 0.4) is 0 Å². The zero-order chi connectivity index (χ0) is 30.8. The first kappa shape index (κ1) is 30.8. The molecule has 0 radical (unpaired) electrons. The number of hydrogen-bond donors (Lipinski definition) is 0. The molecule has 1 aliphatic heterocycles. The van der Waals surface area contributed by atoms with E-state index in [0.29, 0.717) is 40.7 Å². The van der Waals surface area contributed by atoms with Gasteiger partial charge in [0.1, 0.15) is 18.1 Å². The predicted molar refractivity (Wildman–Crippen MR) is 137 cm³/mol. The molecule has 226 valence electrons. The SMILES string of the molecule is Cc1ccc(CN(Cc2ccc3c(c2)OCO3)C(=O)CN(CC(C)C)C(=O)c2cc(C(F)(F)F)cc(C(F)(F)F)c2)o1. The lowest BCUT2D eigenvalue weighted by Gasteiger charge is -2.29. The summed E-state index contributed by atoms with van der Waals surface area (Å²) in [5, 5.41) is 0. The maximum absolute atomic E-state index is 13.6. The van der Waals surface area contributed by atoms with Crippen molar-refractivity contribution in [1.82, 2.24) is 9.80 Å². The first-order chi connectivity index (χ1) is 19.6. The zero-order valence-electron chi connectivity index (χ0n) is 22.9. The summed E-state index contributed by atoms with van der Waals surface area (Å²) < 4.78 is 97.0. The van der Waals surface area contributed by atoms with E-state index in [-0.39, 0.29) is 38.4 Å². The number of amides is 2. The minimum atomic E-state index is -5.13. The molecule has 0 bridgehead atoms. The van der Waals surface area contributed by atoms with Gasteiger partial charge in [0.15, 0.2) is 11.5 Å². The summed E-state index contributed by atoms with van der Waals surface area (Å²) in [5.74, 6) is 0.0636. The lowest BCUT2D eigenvalue weighted by molar-refractivity contribution is -0.143. The van der Waals surface area contributed by atoms with Crippen LogP contribution in [0.2, 0.25) is 0 Å². The first-order valence-corrected chi connectivity index (χ1v) is 12.9. The summed E-state index contributed by atoms with van der Waals surface area (Å²) in [6, 6.07) is 9.16. The monoisotopic (exact) mass is 598 g/mol. The van der Waals surface area contributed by atoms with Gasteiger partial charge in [-0.1, -0.05) is 19.9 Å². The highest BCUT2D eigenvalue weighted by Gasteiger charge is 2.38. The molecule has 0 saturated heterocycles. The minimum Gasteiger partial charge on any atom is -0.464 e. The van der Waals surface area contributed by atoms with Crippen LogP contribution in [-0.4, -0.2) is 41.5 Å². The molecule has 2 heterocycles. The predicted octanol–water partition coefficient (Wildman–Crippen LogP) is 6.68. The van der Waals surface area contributed by atoms with Crippen LogP contribution in [0, 0.1) is 12.8 Å². The van der Waals surface area contributed by atoms with Gasteiger partial charge in [-0.3, -0.25) is 9.59 Å². The van der Waals surface area contributed by atoms with Crippen molar-refractivity contribution in [2.75, 3.05) is 19.9 Å². The third-order valence-corrected chi connectivity index (χ3v) is 6.34. The van der Waals surface area contributed by atoms with Crippen molar-refractivity contribution < 1.29 is 49.8 Å². The Morgan fingerprint density at radius 1 is 0.833 bits per heavy atom. The topological polar surface area (TPSA) is 72.2 Å². The van der Waals surface area contributed by atoms with Crippen LogP contribution in [-0.2, 0) is 30.2 Å². The van der Waals surface area contributed by atoms with Gasteiger partial charge < -0.3 is 23.7 Å². The Bertz CT molecular complexity index is 1410. The maximum atomic E-state index is 13.6. The zero-order valence-corrected chi connectivity index (χ0v) is 22.9. The third-order valence-electron chi connectivity index (χ3n) is 6.34. The molecule has 42 heavy (non-hydrogen) atoms. The van der Waals surface area contributed by atoms with Gasteiger partial charge in [0.2, 0.25) is 12.7 Å². The van der Waals surface area contributed by atoms with E-state index >= 15 is 0 Å². The molecule has 1 aromatic heterocycles. The van der Waals surface area contributed by atoms with Gasteiger partial charge in [0.25, 0.3) is 5.91 Å². The fourth-order valence-electron chi connectivity index (χ4n) is 4.43. The summed E-state index contributed by atoms with van der Waals surface area (Å²) in [6.45, 7) is 4.51. The van der Waals surface area contributed by atoms with Crippen molar-refractivity contribution in [3.63, 3.8) is 0 Å². The number of nitrogens with zero attached hydrogens (tertiary/aromatic N) is 2. The smallest absolute Gasteiger partial charge is 0.416 e. The normalized spacial score (nSPS) is 13.0.